The van der Waals surface area contributed by atoms with Gasteiger partial charge in [0.1, 0.15) is 5.82 Å². The molecule has 0 saturated carbocycles. The van der Waals surface area contributed by atoms with Gasteiger partial charge < -0.3 is 16.3 Å². The second kappa shape index (κ2) is 6.36. The van der Waals surface area contributed by atoms with Crippen molar-refractivity contribution in [1.82, 2.24) is 0 Å². The highest BCUT2D eigenvalue weighted by Crippen LogP contribution is 2.20. The summed E-state index contributed by atoms with van der Waals surface area (Å²) < 4.78 is 13.7. The average molecular weight is 352 g/mol. The Bertz CT molecular complexity index is 719. The van der Waals surface area contributed by atoms with E-state index in [4.69, 9.17) is 10.9 Å². The van der Waals surface area contributed by atoms with Crippen molar-refractivity contribution in [2.75, 3.05) is 5.32 Å². The highest BCUT2D eigenvalue weighted by Gasteiger charge is 2.12. The number of amidine groups is 1. The number of halogens is 2. The summed E-state index contributed by atoms with van der Waals surface area (Å²) in [6, 6.07) is 10.3. The van der Waals surface area contributed by atoms with Gasteiger partial charge in [0.15, 0.2) is 5.84 Å². The van der Waals surface area contributed by atoms with Crippen molar-refractivity contribution in [2.24, 2.45) is 10.9 Å². The number of oxime groups is 1. The molecule has 0 spiro atoms. The predicted molar refractivity (Wildman–Crippen MR) is 81.0 cm³/mol. The van der Waals surface area contributed by atoms with Gasteiger partial charge in [-0.2, -0.15) is 0 Å². The van der Waals surface area contributed by atoms with Crippen molar-refractivity contribution in [3.8, 4) is 0 Å². The smallest absolute Gasteiger partial charge is 0.256 e. The molecule has 5 nitrogen and oxygen atoms in total. The average Bonchev–Trinajstić information content (AvgIpc) is 2.49. The number of amides is 1. The van der Waals surface area contributed by atoms with Crippen LogP contribution in [0.3, 0.4) is 0 Å². The molecule has 0 radical (unpaired) electrons. The minimum absolute atomic E-state index is 0.0713. The molecule has 0 saturated heterocycles. The maximum absolute atomic E-state index is 13.2. The Morgan fingerprint density at radius 2 is 2.05 bits per heavy atom. The first kappa shape index (κ1) is 15.0. The van der Waals surface area contributed by atoms with Crippen LogP contribution in [0.1, 0.15) is 15.9 Å². The zero-order chi connectivity index (χ0) is 15.4. The van der Waals surface area contributed by atoms with E-state index in [-0.39, 0.29) is 11.4 Å². The second-order valence-electron chi connectivity index (χ2n) is 4.14. The van der Waals surface area contributed by atoms with Crippen molar-refractivity contribution in [3.05, 3.63) is 63.9 Å². The fraction of sp³-hybridized carbons (Fsp3) is 0. The van der Waals surface area contributed by atoms with E-state index in [9.17, 15) is 9.18 Å². The van der Waals surface area contributed by atoms with Crippen molar-refractivity contribution >= 4 is 33.4 Å². The van der Waals surface area contributed by atoms with E-state index in [0.29, 0.717) is 15.7 Å². The largest absolute Gasteiger partial charge is 0.409 e. The standard InChI is InChI=1S/C14H11BrFN3O2/c15-12-5-4-9(16)7-11(12)14(20)18-10-3-1-2-8(6-10)13(17)19-21/h1-7,21H,(H2,17,19)(H,18,20). The first-order valence-corrected chi connectivity index (χ1v) is 6.65. The van der Waals surface area contributed by atoms with Gasteiger partial charge in [-0.05, 0) is 46.3 Å². The van der Waals surface area contributed by atoms with E-state index in [1.54, 1.807) is 24.3 Å². The van der Waals surface area contributed by atoms with E-state index < -0.39 is 11.7 Å². The van der Waals surface area contributed by atoms with E-state index in [1.807, 2.05) is 0 Å². The number of nitrogens with one attached hydrogen (secondary N) is 1. The summed E-state index contributed by atoms with van der Waals surface area (Å²) in [5.74, 6) is -1.05. The van der Waals surface area contributed by atoms with Crippen molar-refractivity contribution in [1.29, 1.82) is 0 Å². The topological polar surface area (TPSA) is 87.7 Å². The lowest BCUT2D eigenvalue weighted by atomic mass is 10.1. The number of carbonyl (C=O) groups excluding carboxylic acids is 1. The Kier molecular flexibility index (Phi) is 4.54. The van der Waals surface area contributed by atoms with Crippen LogP contribution in [0.2, 0.25) is 0 Å². The molecule has 0 fully saturated rings. The number of benzene rings is 2. The highest BCUT2D eigenvalue weighted by molar-refractivity contribution is 9.10. The molecule has 0 aromatic heterocycles. The van der Waals surface area contributed by atoms with Gasteiger partial charge in [-0.15, -0.1) is 0 Å². The fourth-order valence-electron chi connectivity index (χ4n) is 1.68. The van der Waals surface area contributed by atoms with Crippen LogP contribution in [0, 0.1) is 5.82 Å². The summed E-state index contributed by atoms with van der Waals surface area (Å²) in [6.07, 6.45) is 0. The van der Waals surface area contributed by atoms with Crippen LogP contribution >= 0.6 is 15.9 Å². The Morgan fingerprint density at radius 1 is 1.29 bits per heavy atom. The molecule has 0 atom stereocenters. The first-order valence-electron chi connectivity index (χ1n) is 5.85. The Hall–Kier alpha value is -2.41. The maximum atomic E-state index is 13.2. The van der Waals surface area contributed by atoms with Gasteiger partial charge in [0.25, 0.3) is 5.91 Å². The Balaban J connectivity index is 2.26. The normalized spacial score (nSPS) is 11.2. The Morgan fingerprint density at radius 3 is 2.76 bits per heavy atom. The number of nitrogens with zero attached hydrogens (tertiary/aromatic N) is 1. The molecule has 108 valence electrons. The molecular formula is C14H11BrFN3O2. The van der Waals surface area contributed by atoms with Crippen LogP contribution < -0.4 is 11.1 Å². The van der Waals surface area contributed by atoms with Crippen LogP contribution in [0.25, 0.3) is 0 Å². The third-order valence-corrected chi connectivity index (χ3v) is 3.39. The van der Waals surface area contributed by atoms with Crippen molar-refractivity contribution in [2.45, 2.75) is 0 Å². The number of hydrogen-bond acceptors (Lipinski definition) is 3. The summed E-state index contributed by atoms with van der Waals surface area (Å²) >= 11 is 3.19. The third-order valence-electron chi connectivity index (χ3n) is 2.70. The lowest BCUT2D eigenvalue weighted by Crippen LogP contribution is -2.15. The first-order chi connectivity index (χ1) is 10.0. The summed E-state index contributed by atoms with van der Waals surface area (Å²) in [6.45, 7) is 0. The van der Waals surface area contributed by atoms with E-state index in [2.05, 4.69) is 26.4 Å². The molecule has 0 heterocycles. The van der Waals surface area contributed by atoms with Crippen molar-refractivity contribution in [3.63, 3.8) is 0 Å². The minimum atomic E-state index is -0.506. The molecule has 0 aliphatic heterocycles. The van der Waals surface area contributed by atoms with E-state index in [0.717, 1.165) is 6.07 Å². The summed E-state index contributed by atoms with van der Waals surface area (Å²) in [5, 5.41) is 14.1. The molecule has 2 rings (SSSR count). The molecule has 2 aromatic carbocycles. The molecule has 7 heteroatoms. The van der Waals surface area contributed by atoms with Gasteiger partial charge in [-0.25, -0.2) is 4.39 Å². The lowest BCUT2D eigenvalue weighted by Gasteiger charge is -2.08. The SMILES string of the molecule is N/C(=N/O)c1cccc(NC(=O)c2cc(F)ccc2Br)c1. The molecular weight excluding hydrogens is 341 g/mol. The lowest BCUT2D eigenvalue weighted by molar-refractivity contribution is 0.102. The number of nitrogens with two attached hydrogens (primary N) is 1. The van der Waals surface area contributed by atoms with Gasteiger partial charge in [-0.3, -0.25) is 4.79 Å². The molecule has 0 aliphatic carbocycles. The van der Waals surface area contributed by atoms with Crippen LogP contribution in [-0.2, 0) is 0 Å². The summed E-state index contributed by atoms with van der Waals surface area (Å²) in [4.78, 5) is 12.1. The number of carbonyl (C=O) groups is 1. The Labute approximate surface area is 128 Å². The molecule has 0 unspecified atom stereocenters. The van der Waals surface area contributed by atoms with Crippen LogP contribution in [-0.4, -0.2) is 17.0 Å². The van der Waals surface area contributed by atoms with Crippen molar-refractivity contribution < 1.29 is 14.4 Å². The zero-order valence-corrected chi connectivity index (χ0v) is 12.3. The van der Waals surface area contributed by atoms with Gasteiger partial charge in [0, 0.05) is 15.7 Å². The second-order valence-corrected chi connectivity index (χ2v) is 5.00. The third kappa shape index (κ3) is 3.57. The van der Waals surface area contributed by atoms with Gasteiger partial charge >= 0.3 is 0 Å². The molecule has 0 aliphatic rings. The van der Waals surface area contributed by atoms with Gasteiger partial charge in [-0.1, -0.05) is 17.3 Å². The fourth-order valence-corrected chi connectivity index (χ4v) is 2.11. The summed E-state index contributed by atoms with van der Waals surface area (Å²) in [5.41, 5.74) is 6.55. The molecule has 1 amide bonds. The van der Waals surface area contributed by atoms with Gasteiger partial charge in [0.05, 0.1) is 5.56 Å². The number of rotatable bonds is 3. The quantitative estimate of drug-likeness (QED) is 0.344. The summed E-state index contributed by atoms with van der Waals surface area (Å²) in [7, 11) is 0. The van der Waals surface area contributed by atoms with E-state index >= 15 is 0 Å². The molecule has 0 bridgehead atoms. The minimum Gasteiger partial charge on any atom is -0.409 e. The molecule has 2 aromatic rings. The van der Waals surface area contributed by atoms with E-state index in [1.165, 1.54) is 12.1 Å². The van der Waals surface area contributed by atoms with Crippen LogP contribution in [0.5, 0.6) is 0 Å². The predicted octanol–water partition coefficient (Wildman–Crippen LogP) is 2.94. The molecule has 4 N–H and O–H groups in total. The van der Waals surface area contributed by atoms with Crippen LogP contribution in [0.15, 0.2) is 52.1 Å². The monoisotopic (exact) mass is 351 g/mol. The van der Waals surface area contributed by atoms with Crippen LogP contribution in [0.4, 0.5) is 10.1 Å². The highest BCUT2D eigenvalue weighted by atomic mass is 79.9. The maximum Gasteiger partial charge on any atom is 0.256 e. The van der Waals surface area contributed by atoms with Gasteiger partial charge in [0.2, 0.25) is 0 Å². The number of anilines is 1. The molecule has 21 heavy (non-hydrogen) atoms. The number of hydrogen-bond donors (Lipinski definition) is 3. The zero-order valence-electron chi connectivity index (χ0n) is 10.7.